The lowest BCUT2D eigenvalue weighted by Gasteiger charge is -2.00. The summed E-state index contributed by atoms with van der Waals surface area (Å²) in [5, 5.41) is 0. The second-order valence-electron chi connectivity index (χ2n) is 3.20. The van der Waals surface area contributed by atoms with Crippen molar-refractivity contribution < 1.29 is 13.6 Å². The number of thiophene rings is 1. The van der Waals surface area contributed by atoms with Crippen LogP contribution in [0.15, 0.2) is 24.3 Å². The summed E-state index contributed by atoms with van der Waals surface area (Å²) in [6.45, 7) is 0. The van der Waals surface area contributed by atoms with Crippen LogP contribution in [0.4, 0.5) is 8.78 Å². The lowest BCUT2D eigenvalue weighted by Crippen LogP contribution is -2.01. The van der Waals surface area contributed by atoms with Crippen LogP contribution in [0.1, 0.15) is 15.9 Å². The molecule has 0 amide bonds. The Morgan fingerprint density at radius 2 is 1.82 bits per heavy atom. The van der Waals surface area contributed by atoms with Crippen molar-refractivity contribution in [3.63, 3.8) is 0 Å². The Morgan fingerprint density at radius 1 is 1.12 bits per heavy atom. The molecule has 1 nitrogen and oxygen atoms in total. The highest BCUT2D eigenvalue weighted by Gasteiger charge is 2.17. The Labute approximate surface area is 110 Å². The summed E-state index contributed by atoms with van der Waals surface area (Å²) in [6.07, 6.45) is 0. The van der Waals surface area contributed by atoms with E-state index in [1.807, 2.05) is 0 Å². The highest BCUT2D eigenvalue weighted by atomic mass is 35.5. The third-order valence-corrected chi connectivity index (χ3v) is 3.57. The first-order valence-electron chi connectivity index (χ1n) is 4.43. The van der Waals surface area contributed by atoms with Gasteiger partial charge < -0.3 is 0 Å². The van der Waals surface area contributed by atoms with Gasteiger partial charge in [0.2, 0.25) is 0 Å². The van der Waals surface area contributed by atoms with Crippen molar-refractivity contribution in [1.29, 1.82) is 0 Å². The smallest absolute Gasteiger partial charge is 0.195 e. The van der Waals surface area contributed by atoms with Crippen LogP contribution in [0.2, 0.25) is 8.67 Å². The Bertz CT molecular complexity index is 595. The third kappa shape index (κ3) is 2.49. The summed E-state index contributed by atoms with van der Waals surface area (Å²) in [7, 11) is 0. The fourth-order valence-corrected chi connectivity index (χ4v) is 2.75. The summed E-state index contributed by atoms with van der Waals surface area (Å²) in [5.41, 5.74) is 0.216. The van der Waals surface area contributed by atoms with Gasteiger partial charge in [0.05, 0.1) is 9.90 Å². The van der Waals surface area contributed by atoms with Gasteiger partial charge in [-0.15, -0.1) is 11.3 Å². The van der Waals surface area contributed by atoms with E-state index < -0.39 is 17.4 Å². The van der Waals surface area contributed by atoms with E-state index in [2.05, 4.69) is 0 Å². The molecule has 88 valence electrons. The van der Waals surface area contributed by atoms with Gasteiger partial charge in [-0.2, -0.15) is 0 Å². The fourth-order valence-electron chi connectivity index (χ4n) is 1.29. The molecule has 0 aliphatic heterocycles. The zero-order chi connectivity index (χ0) is 12.6. The maximum atomic E-state index is 13.0. The van der Waals surface area contributed by atoms with Crippen molar-refractivity contribution in [1.82, 2.24) is 0 Å². The Kier molecular flexibility index (Phi) is 3.47. The number of ketones is 1. The lowest BCUT2D eigenvalue weighted by molar-refractivity contribution is 0.103. The van der Waals surface area contributed by atoms with Crippen LogP contribution in [-0.2, 0) is 0 Å². The molecule has 0 saturated heterocycles. The van der Waals surface area contributed by atoms with Crippen molar-refractivity contribution in [3.05, 3.63) is 55.7 Å². The second-order valence-corrected chi connectivity index (χ2v) is 5.48. The lowest BCUT2D eigenvalue weighted by atomic mass is 10.1. The molecule has 0 bridgehead atoms. The van der Waals surface area contributed by atoms with Crippen LogP contribution in [0.3, 0.4) is 0 Å². The van der Waals surface area contributed by atoms with Crippen LogP contribution in [0.25, 0.3) is 0 Å². The zero-order valence-electron chi connectivity index (χ0n) is 8.14. The second kappa shape index (κ2) is 4.72. The van der Waals surface area contributed by atoms with E-state index in [0.29, 0.717) is 4.34 Å². The zero-order valence-corrected chi connectivity index (χ0v) is 10.5. The minimum atomic E-state index is -1.08. The molecule has 2 rings (SSSR count). The standard InChI is InChI=1S/C11H4Cl2F2OS/c12-9-4-6(11(13)17-9)10(16)5-1-2-7(14)8(15)3-5/h1-4H. The summed E-state index contributed by atoms with van der Waals surface area (Å²) in [6, 6.07) is 4.32. The van der Waals surface area contributed by atoms with Gasteiger partial charge >= 0.3 is 0 Å². The number of halogens is 4. The van der Waals surface area contributed by atoms with Crippen molar-refractivity contribution in [3.8, 4) is 0 Å². The molecule has 0 aliphatic carbocycles. The van der Waals surface area contributed by atoms with Gasteiger partial charge in [-0.1, -0.05) is 23.2 Å². The molecule has 1 aromatic heterocycles. The normalized spacial score (nSPS) is 10.6. The predicted molar refractivity (Wildman–Crippen MR) is 64.1 cm³/mol. The van der Waals surface area contributed by atoms with Gasteiger partial charge in [-0.25, -0.2) is 8.78 Å². The molecule has 2 aromatic rings. The van der Waals surface area contributed by atoms with Crippen LogP contribution >= 0.6 is 34.5 Å². The average Bonchev–Trinajstić information content (AvgIpc) is 2.61. The molecule has 17 heavy (non-hydrogen) atoms. The van der Waals surface area contributed by atoms with Crippen molar-refractivity contribution in [2.24, 2.45) is 0 Å². The first kappa shape index (κ1) is 12.5. The average molecular weight is 293 g/mol. The Morgan fingerprint density at radius 3 is 2.35 bits per heavy atom. The molecular weight excluding hydrogens is 289 g/mol. The van der Waals surface area contributed by atoms with Gasteiger partial charge in [0.1, 0.15) is 4.34 Å². The molecule has 0 saturated carbocycles. The van der Waals surface area contributed by atoms with Gasteiger partial charge in [-0.05, 0) is 24.3 Å². The fraction of sp³-hybridized carbons (Fsp3) is 0. The predicted octanol–water partition coefficient (Wildman–Crippen LogP) is 4.56. The van der Waals surface area contributed by atoms with E-state index >= 15 is 0 Å². The van der Waals surface area contributed by atoms with Crippen molar-refractivity contribution in [2.45, 2.75) is 0 Å². The molecule has 1 aromatic carbocycles. The Hall–Kier alpha value is -0.970. The largest absolute Gasteiger partial charge is 0.289 e. The van der Waals surface area contributed by atoms with Gasteiger partial charge in [0, 0.05) is 5.56 Å². The topological polar surface area (TPSA) is 17.1 Å². The highest BCUT2D eigenvalue weighted by Crippen LogP contribution is 2.32. The first-order chi connectivity index (χ1) is 7.99. The number of hydrogen-bond acceptors (Lipinski definition) is 2. The number of carbonyl (C=O) groups excluding carboxylic acids is 1. The van der Waals surface area contributed by atoms with Crippen LogP contribution in [0.5, 0.6) is 0 Å². The molecule has 0 N–H and O–H groups in total. The summed E-state index contributed by atoms with van der Waals surface area (Å²) in [4.78, 5) is 11.9. The first-order valence-corrected chi connectivity index (χ1v) is 6.01. The van der Waals surface area contributed by atoms with Crippen molar-refractivity contribution >= 4 is 40.3 Å². The van der Waals surface area contributed by atoms with E-state index in [9.17, 15) is 13.6 Å². The van der Waals surface area contributed by atoms with E-state index in [4.69, 9.17) is 23.2 Å². The molecule has 0 aliphatic rings. The van der Waals surface area contributed by atoms with Crippen LogP contribution in [-0.4, -0.2) is 5.78 Å². The Balaban J connectivity index is 2.44. The van der Waals surface area contributed by atoms with E-state index in [1.54, 1.807) is 0 Å². The van der Waals surface area contributed by atoms with E-state index in [-0.39, 0.29) is 15.5 Å². The van der Waals surface area contributed by atoms with Crippen molar-refractivity contribution in [2.75, 3.05) is 0 Å². The maximum absolute atomic E-state index is 13.0. The van der Waals surface area contributed by atoms with E-state index in [0.717, 1.165) is 23.5 Å². The molecule has 0 unspecified atom stereocenters. The number of benzene rings is 1. The van der Waals surface area contributed by atoms with E-state index in [1.165, 1.54) is 12.1 Å². The monoisotopic (exact) mass is 292 g/mol. The van der Waals surface area contributed by atoms with Gasteiger partial charge in [0.25, 0.3) is 0 Å². The summed E-state index contributed by atoms with van der Waals surface area (Å²) in [5.74, 6) is -2.57. The number of carbonyl (C=O) groups is 1. The van der Waals surface area contributed by atoms with Crippen LogP contribution in [0, 0.1) is 11.6 Å². The number of hydrogen-bond donors (Lipinski definition) is 0. The maximum Gasteiger partial charge on any atom is 0.195 e. The quantitative estimate of drug-likeness (QED) is 0.742. The molecular formula is C11H4Cl2F2OS. The minimum absolute atomic E-state index is 0.0280. The highest BCUT2D eigenvalue weighted by molar-refractivity contribution is 7.20. The number of rotatable bonds is 2. The SMILES string of the molecule is O=C(c1ccc(F)c(F)c1)c1cc(Cl)sc1Cl. The molecule has 6 heteroatoms. The molecule has 0 atom stereocenters. The molecule has 0 spiro atoms. The van der Waals surface area contributed by atoms with Crippen LogP contribution < -0.4 is 0 Å². The van der Waals surface area contributed by atoms with Gasteiger partial charge in [0.15, 0.2) is 17.4 Å². The van der Waals surface area contributed by atoms with Gasteiger partial charge in [-0.3, -0.25) is 4.79 Å². The summed E-state index contributed by atoms with van der Waals surface area (Å²) >= 11 is 12.5. The molecule has 0 radical (unpaired) electrons. The molecule has 1 heterocycles. The molecule has 0 fully saturated rings. The minimum Gasteiger partial charge on any atom is -0.289 e. The third-order valence-electron chi connectivity index (χ3n) is 2.08. The summed E-state index contributed by atoms with van der Waals surface area (Å²) < 4.78 is 26.3.